The second-order valence-corrected chi connectivity index (χ2v) is 5.75. The maximum Gasteiger partial charge on any atom is 0.409 e. The van der Waals surface area contributed by atoms with E-state index in [1.807, 2.05) is 42.7 Å². The number of esters is 1. The first-order valence-corrected chi connectivity index (χ1v) is 7.95. The van der Waals surface area contributed by atoms with Gasteiger partial charge < -0.3 is 14.4 Å². The molecule has 0 heterocycles. The van der Waals surface area contributed by atoms with Gasteiger partial charge in [0.05, 0.1) is 20.3 Å². The minimum atomic E-state index is -0.639. The normalized spacial score (nSPS) is 12.6. The molecule has 0 fully saturated rings. The Labute approximate surface area is 140 Å². The summed E-state index contributed by atoms with van der Waals surface area (Å²) in [7, 11) is 2.59. The Morgan fingerprint density at radius 2 is 1.91 bits per heavy atom. The van der Waals surface area contributed by atoms with Crippen molar-refractivity contribution < 1.29 is 19.1 Å². The Balaban J connectivity index is 2.85. The van der Waals surface area contributed by atoms with E-state index in [-0.39, 0.29) is 12.6 Å². The van der Waals surface area contributed by atoms with Crippen LogP contribution in [0.3, 0.4) is 0 Å². The molecule has 0 saturated heterocycles. The number of nitriles is 1. The van der Waals surface area contributed by atoms with Crippen molar-refractivity contribution in [2.75, 3.05) is 20.8 Å². The monoisotopic (exact) mass is 336 g/mol. The third kappa shape index (κ3) is 5.49. The van der Waals surface area contributed by atoms with Crippen LogP contribution in [0.5, 0.6) is 0 Å². The van der Waals surface area contributed by atoms with Crippen LogP contribution < -0.4 is 0 Å². The molecule has 1 rings (SSSR count). The molecule has 6 nitrogen and oxygen atoms in total. The number of benzene rings is 1. The average Bonchev–Trinajstić information content (AvgIpc) is 2.60. The molecular formula is C16H20N2O4S. The number of carbonyl (C=O) groups excluding carboxylic acids is 2. The highest BCUT2D eigenvalue weighted by molar-refractivity contribution is 8.04. The van der Waals surface area contributed by atoms with E-state index in [9.17, 15) is 9.59 Å². The third-order valence-corrected chi connectivity index (χ3v) is 4.27. The van der Waals surface area contributed by atoms with E-state index in [0.29, 0.717) is 6.42 Å². The number of carbonyl (C=O) groups is 2. The van der Waals surface area contributed by atoms with E-state index >= 15 is 0 Å². The van der Waals surface area contributed by atoms with Crippen LogP contribution in [0.4, 0.5) is 4.79 Å². The highest BCUT2D eigenvalue weighted by atomic mass is 32.2. The Morgan fingerprint density at radius 3 is 2.43 bits per heavy atom. The van der Waals surface area contributed by atoms with Gasteiger partial charge >= 0.3 is 12.1 Å². The minimum absolute atomic E-state index is 0.214. The standard InChI is InChI=1S/C16H20N2O4S/c1-12(13-7-5-4-6-8-13)18(16(20)22-3)10-9-14(23-11-17)15(19)21-2/h4-8,12,14H,9-10H2,1-3H3/t12-,14+/m1/s1. The second-order valence-electron chi connectivity index (χ2n) is 4.76. The van der Waals surface area contributed by atoms with E-state index in [0.717, 1.165) is 17.3 Å². The number of thiocyanates is 1. The number of nitrogens with zero attached hydrogens (tertiary/aromatic N) is 2. The number of thioether (sulfide) groups is 1. The zero-order valence-electron chi connectivity index (χ0n) is 13.4. The van der Waals surface area contributed by atoms with Gasteiger partial charge in [-0.15, -0.1) is 0 Å². The van der Waals surface area contributed by atoms with Crippen molar-refractivity contribution in [3.05, 3.63) is 35.9 Å². The Hall–Kier alpha value is -2.20. The molecule has 0 unspecified atom stereocenters. The van der Waals surface area contributed by atoms with Gasteiger partial charge in [-0.1, -0.05) is 30.3 Å². The summed E-state index contributed by atoms with van der Waals surface area (Å²) in [6, 6.07) is 9.31. The summed E-state index contributed by atoms with van der Waals surface area (Å²) in [5, 5.41) is 10.0. The lowest BCUT2D eigenvalue weighted by molar-refractivity contribution is -0.140. The minimum Gasteiger partial charge on any atom is -0.468 e. The SMILES string of the molecule is COC(=O)[C@H](CCN(C(=O)OC)[C@H](C)c1ccccc1)SC#N. The van der Waals surface area contributed by atoms with Crippen molar-refractivity contribution in [1.29, 1.82) is 5.26 Å². The third-order valence-electron chi connectivity index (χ3n) is 3.45. The molecule has 1 aromatic rings. The van der Waals surface area contributed by atoms with Crippen molar-refractivity contribution in [3.8, 4) is 5.40 Å². The summed E-state index contributed by atoms with van der Waals surface area (Å²) in [6.45, 7) is 2.16. The number of methoxy groups -OCH3 is 2. The molecule has 0 spiro atoms. The van der Waals surface area contributed by atoms with Gasteiger partial charge in [0.25, 0.3) is 0 Å². The summed E-state index contributed by atoms with van der Waals surface area (Å²) in [5.74, 6) is -0.478. The summed E-state index contributed by atoms with van der Waals surface area (Å²) >= 11 is 0.830. The molecule has 0 radical (unpaired) electrons. The molecule has 0 aliphatic rings. The Bertz CT molecular complexity index is 559. The maximum atomic E-state index is 12.1. The highest BCUT2D eigenvalue weighted by Crippen LogP contribution is 2.23. The lowest BCUT2D eigenvalue weighted by Crippen LogP contribution is -2.36. The fourth-order valence-electron chi connectivity index (χ4n) is 2.15. The van der Waals surface area contributed by atoms with Crippen LogP contribution in [0.1, 0.15) is 24.9 Å². The Morgan fingerprint density at radius 1 is 1.26 bits per heavy atom. The largest absolute Gasteiger partial charge is 0.468 e. The molecule has 0 N–H and O–H groups in total. The van der Waals surface area contributed by atoms with Gasteiger partial charge in [-0.05, 0) is 30.7 Å². The van der Waals surface area contributed by atoms with Gasteiger partial charge in [0.15, 0.2) is 0 Å². The predicted octanol–water partition coefficient (Wildman–Crippen LogP) is 2.96. The number of hydrogen-bond acceptors (Lipinski definition) is 6. The van der Waals surface area contributed by atoms with Crippen LogP contribution in [0.2, 0.25) is 0 Å². The topological polar surface area (TPSA) is 79.6 Å². The van der Waals surface area contributed by atoms with E-state index in [4.69, 9.17) is 10.00 Å². The summed E-state index contributed by atoms with van der Waals surface area (Å²) < 4.78 is 9.52. The zero-order chi connectivity index (χ0) is 17.2. The van der Waals surface area contributed by atoms with Crippen LogP contribution in [0.15, 0.2) is 30.3 Å². The quantitative estimate of drug-likeness (QED) is 0.562. The van der Waals surface area contributed by atoms with Crippen molar-refractivity contribution in [1.82, 2.24) is 4.90 Å². The van der Waals surface area contributed by atoms with Crippen molar-refractivity contribution >= 4 is 23.8 Å². The molecule has 0 aliphatic heterocycles. The van der Waals surface area contributed by atoms with Gasteiger partial charge in [-0.2, -0.15) is 5.26 Å². The van der Waals surface area contributed by atoms with E-state index in [1.165, 1.54) is 19.1 Å². The molecule has 7 heteroatoms. The molecule has 1 amide bonds. The van der Waals surface area contributed by atoms with Crippen molar-refractivity contribution in [2.45, 2.75) is 24.6 Å². The van der Waals surface area contributed by atoms with Gasteiger partial charge in [-0.25, -0.2) is 4.79 Å². The molecule has 0 aromatic heterocycles. The predicted molar refractivity (Wildman–Crippen MR) is 87.6 cm³/mol. The number of hydrogen-bond donors (Lipinski definition) is 0. The van der Waals surface area contributed by atoms with E-state index in [2.05, 4.69) is 4.74 Å². The van der Waals surface area contributed by atoms with Crippen LogP contribution >= 0.6 is 11.8 Å². The van der Waals surface area contributed by atoms with Crippen molar-refractivity contribution in [2.24, 2.45) is 0 Å². The lowest BCUT2D eigenvalue weighted by atomic mass is 10.1. The fourth-order valence-corrected chi connectivity index (χ4v) is 2.69. The van der Waals surface area contributed by atoms with E-state index in [1.54, 1.807) is 0 Å². The first-order chi connectivity index (χ1) is 11.0. The second kappa shape index (κ2) is 9.74. The van der Waals surface area contributed by atoms with Crippen LogP contribution in [-0.4, -0.2) is 43.0 Å². The van der Waals surface area contributed by atoms with Crippen LogP contribution in [0, 0.1) is 10.7 Å². The molecule has 2 atom stereocenters. The van der Waals surface area contributed by atoms with Gasteiger partial charge in [0.2, 0.25) is 0 Å². The summed E-state index contributed by atoms with van der Waals surface area (Å²) in [5.41, 5.74) is 0.959. The number of rotatable bonds is 7. The van der Waals surface area contributed by atoms with Gasteiger partial charge in [0, 0.05) is 6.54 Å². The molecule has 124 valence electrons. The molecular weight excluding hydrogens is 316 g/mol. The first-order valence-electron chi connectivity index (χ1n) is 7.07. The smallest absolute Gasteiger partial charge is 0.409 e. The Kier molecular flexibility index (Phi) is 7.98. The van der Waals surface area contributed by atoms with Crippen LogP contribution in [0.25, 0.3) is 0 Å². The molecule has 1 aromatic carbocycles. The zero-order valence-corrected chi connectivity index (χ0v) is 14.2. The molecule has 23 heavy (non-hydrogen) atoms. The number of amides is 1. The van der Waals surface area contributed by atoms with Crippen molar-refractivity contribution in [3.63, 3.8) is 0 Å². The highest BCUT2D eigenvalue weighted by Gasteiger charge is 2.26. The maximum absolute atomic E-state index is 12.1. The molecule has 0 bridgehead atoms. The first kappa shape index (κ1) is 18.8. The lowest BCUT2D eigenvalue weighted by Gasteiger charge is -2.29. The fraction of sp³-hybridized carbons (Fsp3) is 0.438. The van der Waals surface area contributed by atoms with Gasteiger partial charge in [-0.3, -0.25) is 4.79 Å². The molecule has 0 saturated carbocycles. The number of ether oxygens (including phenoxy) is 2. The molecule has 0 aliphatic carbocycles. The van der Waals surface area contributed by atoms with E-state index < -0.39 is 17.3 Å². The average molecular weight is 336 g/mol. The van der Waals surface area contributed by atoms with Gasteiger partial charge in [0.1, 0.15) is 10.7 Å². The summed E-state index contributed by atoms with van der Waals surface area (Å²) in [6.07, 6.45) is -0.177. The summed E-state index contributed by atoms with van der Waals surface area (Å²) in [4.78, 5) is 25.2. The van der Waals surface area contributed by atoms with Crippen LogP contribution in [-0.2, 0) is 14.3 Å².